The molecule has 2 aromatic heterocycles. The largest absolute Gasteiger partial charge is 0.482 e. The number of fused-ring (bicyclic) bond motifs is 2. The van der Waals surface area contributed by atoms with Crippen LogP contribution in [0.1, 0.15) is 12.5 Å². The fourth-order valence-electron chi connectivity index (χ4n) is 3.61. The monoisotopic (exact) mass is 416 g/mol. The quantitative estimate of drug-likeness (QED) is 0.553. The lowest BCUT2D eigenvalue weighted by Crippen LogP contribution is -2.46. The Hall–Kier alpha value is -4.07. The molecule has 1 amide bonds. The van der Waals surface area contributed by atoms with Crippen molar-refractivity contribution in [3.63, 3.8) is 0 Å². The average molecular weight is 416 g/mol. The molecule has 0 saturated heterocycles. The second-order valence-corrected chi connectivity index (χ2v) is 7.37. The third kappa shape index (κ3) is 3.63. The second-order valence-electron chi connectivity index (χ2n) is 7.37. The number of ether oxygens (including phenoxy) is 2. The van der Waals surface area contributed by atoms with Gasteiger partial charge in [-0.2, -0.15) is 0 Å². The first kappa shape index (κ1) is 18.9. The van der Waals surface area contributed by atoms with Crippen molar-refractivity contribution in [2.24, 2.45) is 0 Å². The molecule has 8 nitrogen and oxygen atoms in total. The van der Waals surface area contributed by atoms with Gasteiger partial charge in [-0.15, -0.1) is 5.10 Å². The van der Waals surface area contributed by atoms with Gasteiger partial charge in [0, 0.05) is 11.9 Å². The summed E-state index contributed by atoms with van der Waals surface area (Å²) >= 11 is 0. The number of rotatable bonds is 4. The van der Waals surface area contributed by atoms with Crippen LogP contribution in [0.4, 0.5) is 5.69 Å². The Balaban J connectivity index is 1.33. The summed E-state index contributed by atoms with van der Waals surface area (Å²) in [6.07, 6.45) is 0.470. The number of para-hydroxylation sites is 2. The van der Waals surface area contributed by atoms with Gasteiger partial charge in [0.25, 0.3) is 5.91 Å². The number of hydrogen-bond donors (Lipinski definition) is 1. The van der Waals surface area contributed by atoms with Crippen LogP contribution in [0, 0.1) is 0 Å². The Bertz CT molecular complexity index is 1330. The van der Waals surface area contributed by atoms with E-state index in [2.05, 4.69) is 10.4 Å². The molecule has 1 N–H and O–H groups in total. The van der Waals surface area contributed by atoms with Gasteiger partial charge in [0.05, 0.1) is 6.54 Å². The van der Waals surface area contributed by atoms with Gasteiger partial charge in [-0.1, -0.05) is 30.3 Å². The summed E-state index contributed by atoms with van der Waals surface area (Å²) in [6.45, 7) is 2.09. The maximum atomic E-state index is 12.8. The van der Waals surface area contributed by atoms with E-state index in [1.807, 2.05) is 42.5 Å². The third-order valence-electron chi connectivity index (χ3n) is 5.12. The van der Waals surface area contributed by atoms with Crippen LogP contribution in [0.15, 0.2) is 77.7 Å². The van der Waals surface area contributed by atoms with Crippen LogP contribution >= 0.6 is 0 Å². The Kier molecular flexibility index (Phi) is 4.66. The van der Waals surface area contributed by atoms with Crippen molar-refractivity contribution in [1.29, 1.82) is 0 Å². The predicted molar refractivity (Wildman–Crippen MR) is 115 cm³/mol. The molecule has 2 unspecified atom stereocenters. The van der Waals surface area contributed by atoms with Crippen molar-refractivity contribution >= 4 is 17.2 Å². The zero-order valence-electron chi connectivity index (χ0n) is 16.8. The number of nitrogens with zero attached hydrogens (tertiary/aromatic N) is 3. The number of amides is 1. The fraction of sp³-hybridized carbons (Fsp3) is 0.174. The molecule has 1 aliphatic heterocycles. The fourth-order valence-corrected chi connectivity index (χ4v) is 3.61. The van der Waals surface area contributed by atoms with Gasteiger partial charge in [-0.3, -0.25) is 9.20 Å². The van der Waals surface area contributed by atoms with E-state index in [1.165, 1.54) is 9.08 Å². The zero-order chi connectivity index (χ0) is 21.4. The summed E-state index contributed by atoms with van der Waals surface area (Å²) in [4.78, 5) is 25.3. The molecule has 156 valence electrons. The van der Waals surface area contributed by atoms with E-state index in [0.717, 1.165) is 5.56 Å². The van der Waals surface area contributed by atoms with E-state index >= 15 is 0 Å². The van der Waals surface area contributed by atoms with Crippen LogP contribution in [0.2, 0.25) is 0 Å². The summed E-state index contributed by atoms with van der Waals surface area (Å²) in [5.41, 5.74) is 1.81. The second kappa shape index (κ2) is 7.64. The van der Waals surface area contributed by atoms with Crippen LogP contribution in [0.25, 0.3) is 5.65 Å². The molecule has 2 atom stereocenters. The minimum absolute atomic E-state index is 0.217. The molecule has 0 spiro atoms. The molecule has 0 saturated carbocycles. The van der Waals surface area contributed by atoms with Crippen molar-refractivity contribution in [2.75, 3.05) is 5.32 Å². The molecule has 2 aromatic carbocycles. The van der Waals surface area contributed by atoms with E-state index in [1.54, 1.807) is 37.4 Å². The van der Waals surface area contributed by atoms with Crippen LogP contribution in [-0.4, -0.2) is 32.3 Å². The lowest BCUT2D eigenvalue weighted by atomic mass is 10.1. The highest BCUT2D eigenvalue weighted by Gasteiger charge is 2.34. The van der Waals surface area contributed by atoms with Gasteiger partial charge in [0.2, 0.25) is 6.10 Å². The molecule has 0 aliphatic carbocycles. The molecule has 0 bridgehead atoms. The normalized spacial score (nSPS) is 17.5. The maximum Gasteiger partial charge on any atom is 0.350 e. The first-order chi connectivity index (χ1) is 15.1. The first-order valence-corrected chi connectivity index (χ1v) is 9.95. The molecule has 0 fully saturated rings. The lowest BCUT2D eigenvalue weighted by molar-refractivity contribution is -0.128. The molecule has 4 aromatic rings. The summed E-state index contributed by atoms with van der Waals surface area (Å²) in [5.74, 6) is 0.865. The van der Waals surface area contributed by atoms with Crippen LogP contribution in [-0.2, 0) is 11.3 Å². The number of carbonyl (C=O) groups excluding carboxylic acids is 1. The number of aromatic nitrogens is 3. The summed E-state index contributed by atoms with van der Waals surface area (Å²) < 4.78 is 14.6. The van der Waals surface area contributed by atoms with Gasteiger partial charge in [0.15, 0.2) is 17.1 Å². The van der Waals surface area contributed by atoms with E-state index in [9.17, 15) is 9.59 Å². The summed E-state index contributed by atoms with van der Waals surface area (Å²) in [5, 5.41) is 7.23. The molecule has 3 heterocycles. The minimum Gasteiger partial charge on any atom is -0.482 e. The Morgan fingerprint density at radius 1 is 1.03 bits per heavy atom. The zero-order valence-corrected chi connectivity index (χ0v) is 16.8. The molecular weight excluding hydrogens is 396 g/mol. The Morgan fingerprint density at radius 3 is 2.61 bits per heavy atom. The van der Waals surface area contributed by atoms with Crippen LogP contribution < -0.4 is 20.5 Å². The van der Waals surface area contributed by atoms with Gasteiger partial charge in [0.1, 0.15) is 6.10 Å². The highest BCUT2D eigenvalue weighted by atomic mass is 16.6. The van der Waals surface area contributed by atoms with Gasteiger partial charge >= 0.3 is 5.69 Å². The maximum absolute atomic E-state index is 12.8. The molecule has 0 radical (unpaired) electrons. The van der Waals surface area contributed by atoms with Gasteiger partial charge < -0.3 is 14.8 Å². The molecule has 31 heavy (non-hydrogen) atoms. The molecule has 5 rings (SSSR count). The van der Waals surface area contributed by atoms with E-state index in [-0.39, 0.29) is 18.1 Å². The summed E-state index contributed by atoms with van der Waals surface area (Å²) in [6, 6.07) is 20.0. The SMILES string of the molecule is CC1Oc2ccccc2OC1C(=O)Nc1cccc(Cn2nc3ccccn3c2=O)c1. The van der Waals surface area contributed by atoms with Crippen LogP contribution in [0.3, 0.4) is 0 Å². The van der Waals surface area contributed by atoms with E-state index in [0.29, 0.717) is 22.8 Å². The molecule has 1 aliphatic rings. The number of benzene rings is 2. The number of carbonyl (C=O) groups is 1. The molecule has 8 heteroatoms. The first-order valence-electron chi connectivity index (χ1n) is 9.95. The lowest BCUT2D eigenvalue weighted by Gasteiger charge is -2.31. The van der Waals surface area contributed by atoms with E-state index < -0.39 is 12.2 Å². The van der Waals surface area contributed by atoms with Gasteiger partial charge in [-0.05, 0) is 48.9 Å². The standard InChI is InChI=1S/C23H20N4O4/c1-15-21(31-19-10-3-2-9-18(19)30-15)22(28)24-17-8-6-7-16(13-17)14-27-23(29)26-12-5-4-11-20(26)25-27/h2-13,15,21H,14H2,1H3,(H,24,28). The van der Waals surface area contributed by atoms with E-state index in [4.69, 9.17) is 9.47 Å². The van der Waals surface area contributed by atoms with Gasteiger partial charge in [-0.25, -0.2) is 9.48 Å². The topological polar surface area (TPSA) is 86.9 Å². The number of anilines is 1. The van der Waals surface area contributed by atoms with Crippen molar-refractivity contribution in [2.45, 2.75) is 25.7 Å². The highest BCUT2D eigenvalue weighted by molar-refractivity contribution is 5.95. The third-order valence-corrected chi connectivity index (χ3v) is 5.12. The average Bonchev–Trinajstić information content (AvgIpc) is 3.09. The predicted octanol–water partition coefficient (Wildman–Crippen LogP) is 2.71. The molecular formula is C23H20N4O4. The van der Waals surface area contributed by atoms with Crippen LogP contribution in [0.5, 0.6) is 11.5 Å². The minimum atomic E-state index is -0.778. The highest BCUT2D eigenvalue weighted by Crippen LogP contribution is 2.33. The number of hydrogen-bond acceptors (Lipinski definition) is 5. The van der Waals surface area contributed by atoms with Crippen molar-refractivity contribution in [3.8, 4) is 11.5 Å². The van der Waals surface area contributed by atoms with Crippen molar-refractivity contribution in [1.82, 2.24) is 14.2 Å². The van der Waals surface area contributed by atoms with Crippen molar-refractivity contribution in [3.05, 3.63) is 89.0 Å². The summed E-state index contributed by atoms with van der Waals surface area (Å²) in [7, 11) is 0. The Labute approximate surface area is 177 Å². The smallest absolute Gasteiger partial charge is 0.350 e. The number of pyridine rings is 1. The number of nitrogens with one attached hydrogen (secondary N) is 1. The Morgan fingerprint density at radius 2 is 1.81 bits per heavy atom. The van der Waals surface area contributed by atoms with Crippen molar-refractivity contribution < 1.29 is 14.3 Å².